The lowest BCUT2D eigenvalue weighted by molar-refractivity contribution is -0.117. The highest BCUT2D eigenvalue weighted by Crippen LogP contribution is 2.30. The molecule has 0 aliphatic heterocycles. The molecule has 352 valence electrons. The van der Waals surface area contributed by atoms with Crippen molar-refractivity contribution in [3.05, 3.63) is 124 Å². The van der Waals surface area contributed by atoms with E-state index in [0.717, 1.165) is 85.1 Å². The Morgan fingerprint density at radius 3 is 1.47 bits per heavy atom. The van der Waals surface area contributed by atoms with Gasteiger partial charge in [-0.1, -0.05) is 18.2 Å². The van der Waals surface area contributed by atoms with Crippen LogP contribution < -0.4 is 22.4 Å². The first-order valence-electron chi connectivity index (χ1n) is 21.0. The first-order valence-corrected chi connectivity index (χ1v) is 25.0. The Morgan fingerprint density at radius 2 is 1.00 bits per heavy atom. The molecular formula is C45H55Br5N14O2. The molecule has 66 heavy (non-hydrogen) atoms. The topological polar surface area (TPSA) is 281 Å². The Balaban J connectivity index is 0.000000214. The highest BCUT2D eigenvalue weighted by molar-refractivity contribution is 9.11. The van der Waals surface area contributed by atoms with E-state index in [1.54, 1.807) is 6.07 Å². The molecule has 2 saturated carbocycles. The second kappa shape index (κ2) is 28.6. The van der Waals surface area contributed by atoms with Gasteiger partial charge in [-0.05, 0) is 228 Å². The minimum Gasteiger partial charge on any atom is -0.412 e. The lowest BCUT2D eigenvalue weighted by Crippen LogP contribution is -2.07. The second-order valence-electron chi connectivity index (χ2n) is 14.9. The average molecular weight is 1220 g/mol. The van der Waals surface area contributed by atoms with E-state index in [1.807, 2.05) is 60.7 Å². The van der Waals surface area contributed by atoms with Crippen molar-refractivity contribution in [1.82, 2.24) is 34.9 Å². The van der Waals surface area contributed by atoms with Gasteiger partial charge in [-0.15, -0.1) is 0 Å². The van der Waals surface area contributed by atoms with Crippen molar-refractivity contribution in [2.75, 3.05) is 16.6 Å². The van der Waals surface area contributed by atoms with Gasteiger partial charge in [0.1, 0.15) is 57.5 Å². The molecule has 2 fully saturated rings. The molecule has 16 nitrogen and oxygen atoms in total. The number of Topliss-reactive ketones (excluding diaryl/α,β-unsaturated/α-hetero) is 1. The number of carbonyl (C=O) groups excluding carboxylic acids is 1. The number of nitrogen functional groups attached to an aromatic ring is 2. The number of hydrogen-bond donors (Lipinski definition) is 8. The summed E-state index contributed by atoms with van der Waals surface area (Å²) in [5, 5.41) is 6.87. The van der Waals surface area contributed by atoms with Crippen LogP contribution in [0.15, 0.2) is 107 Å². The van der Waals surface area contributed by atoms with Gasteiger partial charge in [-0.3, -0.25) is 10.2 Å². The first kappa shape index (κ1) is 54.1. The number of hydrazone groups is 1. The number of hydrogen-bond acceptors (Lipinski definition) is 13. The van der Waals surface area contributed by atoms with Crippen molar-refractivity contribution in [2.24, 2.45) is 10.9 Å². The number of aryl methyl sites for hydroxylation is 4. The van der Waals surface area contributed by atoms with Crippen LogP contribution in [-0.4, -0.2) is 51.9 Å². The van der Waals surface area contributed by atoms with E-state index in [-0.39, 0.29) is 6.90 Å². The summed E-state index contributed by atoms with van der Waals surface area (Å²) < 4.78 is 4.21. The van der Waals surface area contributed by atoms with Crippen molar-refractivity contribution >= 4 is 131 Å². The van der Waals surface area contributed by atoms with Crippen LogP contribution in [0.5, 0.6) is 0 Å². The third-order valence-electron chi connectivity index (χ3n) is 10.3. The fraction of sp³-hybridized carbons (Fsp3) is 0.311. The molecule has 7 aromatic heterocycles. The lowest BCUT2D eigenvalue weighted by Gasteiger charge is -2.00. The maximum atomic E-state index is 10.2. The first-order chi connectivity index (χ1) is 31.5. The van der Waals surface area contributed by atoms with Crippen LogP contribution in [-0.2, 0) is 30.5 Å². The van der Waals surface area contributed by atoms with Crippen LogP contribution in [0.4, 0.5) is 17.5 Å². The number of hydrazine groups is 1. The van der Waals surface area contributed by atoms with E-state index in [9.17, 15) is 4.79 Å². The zero-order valence-corrected chi connectivity index (χ0v) is 44.0. The Bertz CT molecular complexity index is 2540. The van der Waals surface area contributed by atoms with Crippen LogP contribution in [0.1, 0.15) is 88.1 Å². The Hall–Kier alpha value is -4.51. The summed E-state index contributed by atoms with van der Waals surface area (Å²) in [6, 6.07) is 25.0. The third kappa shape index (κ3) is 17.3. The number of nitrogens with two attached hydrogens (primary N) is 2. The number of halogens is 5. The second-order valence-corrected chi connectivity index (χ2v) is 19.0. The number of nitrogens with zero attached hydrogens (tertiary/aromatic N) is 6. The Morgan fingerprint density at radius 1 is 0.545 bits per heavy atom. The van der Waals surface area contributed by atoms with Crippen LogP contribution in [0, 0.1) is 11.1 Å². The number of aromatic amines is 2. The number of nitrogens with one attached hydrogen (secondary N) is 6. The van der Waals surface area contributed by atoms with Gasteiger partial charge in [0.05, 0.1) is 0 Å². The van der Waals surface area contributed by atoms with E-state index in [2.05, 4.69) is 143 Å². The molecule has 7 aromatic rings. The SMILES string of the molecule is Brc1ccc2c3c([nH]c2n1)CCC3.Brc1cccc(Br)n1.Brc1cccc(NN=C2CCCC2)n1.N=N.NNc1cccc(Br)n1.Nc1ccc2c3c([nH]c2n1)CCC3.O.O=C1CCCC1.[HH]. The fourth-order valence-corrected chi connectivity index (χ4v) is 9.30. The van der Waals surface area contributed by atoms with Gasteiger partial charge in [-0.2, -0.15) is 5.10 Å². The smallest absolute Gasteiger partial charge is 0.147 e. The van der Waals surface area contributed by atoms with Crippen molar-refractivity contribution < 1.29 is 11.7 Å². The number of aromatic nitrogens is 7. The van der Waals surface area contributed by atoms with Gasteiger partial charge >= 0.3 is 0 Å². The summed E-state index contributed by atoms with van der Waals surface area (Å²) in [6.45, 7) is 0. The summed E-state index contributed by atoms with van der Waals surface area (Å²) in [5.74, 6) is 7.58. The molecule has 21 heteroatoms. The van der Waals surface area contributed by atoms with E-state index < -0.39 is 0 Å². The van der Waals surface area contributed by atoms with Crippen LogP contribution >= 0.6 is 79.6 Å². The minimum absolute atomic E-state index is 0. The van der Waals surface area contributed by atoms with E-state index in [1.165, 1.54) is 83.9 Å². The summed E-state index contributed by atoms with van der Waals surface area (Å²) >= 11 is 16.3. The van der Waals surface area contributed by atoms with E-state index >= 15 is 0 Å². The predicted octanol–water partition coefficient (Wildman–Crippen LogP) is 12.5. The maximum absolute atomic E-state index is 10.2. The van der Waals surface area contributed by atoms with E-state index in [4.69, 9.17) is 22.6 Å². The third-order valence-corrected chi connectivity index (χ3v) is 12.5. The Labute approximate surface area is 426 Å². The number of fused-ring (bicyclic) bond motifs is 6. The number of ketones is 1. The molecule has 0 spiro atoms. The zero-order chi connectivity index (χ0) is 46.6. The molecule has 0 unspecified atom stereocenters. The summed E-state index contributed by atoms with van der Waals surface area (Å²) in [4.78, 5) is 37.8. The number of H-pyrrole nitrogens is 2. The maximum Gasteiger partial charge on any atom is 0.147 e. The molecular weight excluding hydrogens is 1170 g/mol. The van der Waals surface area contributed by atoms with Gasteiger partial charge in [0, 0.05) is 42.1 Å². The lowest BCUT2D eigenvalue weighted by atomic mass is 10.2. The van der Waals surface area contributed by atoms with Gasteiger partial charge in [0.25, 0.3) is 0 Å². The molecule has 0 atom stereocenters. The van der Waals surface area contributed by atoms with Crippen molar-refractivity contribution in [2.45, 2.75) is 89.9 Å². The molecule has 12 N–H and O–H groups in total. The van der Waals surface area contributed by atoms with Gasteiger partial charge in [0.15, 0.2) is 0 Å². The van der Waals surface area contributed by atoms with Gasteiger partial charge in [0.2, 0.25) is 0 Å². The quantitative estimate of drug-likeness (QED) is 0.0358. The highest BCUT2D eigenvalue weighted by atomic mass is 79.9. The molecule has 7 heterocycles. The molecule has 4 aliphatic rings. The molecule has 0 aromatic carbocycles. The predicted molar refractivity (Wildman–Crippen MR) is 284 cm³/mol. The number of carbonyl (C=O) groups is 1. The molecule has 0 radical (unpaired) electrons. The number of anilines is 3. The Kier molecular flexibility index (Phi) is 23.5. The molecule has 0 saturated heterocycles. The average Bonchev–Trinajstić information content (AvgIpc) is 4.17. The number of rotatable bonds is 3. The highest BCUT2D eigenvalue weighted by Gasteiger charge is 2.18. The van der Waals surface area contributed by atoms with Crippen LogP contribution in [0.3, 0.4) is 0 Å². The fourth-order valence-electron chi connectivity index (χ4n) is 7.37. The zero-order valence-electron chi connectivity index (χ0n) is 36.0. The standard InChI is InChI=1S/C10H12BrN3.C10H9BrN2.C10H11N3.C5H3Br2N.C5H6BrN3.C5H8O.H2N2.H2O.H2/c11-9-6-3-7-10(12-9)14-13-8-4-1-2-5-8;2*11-9-5-4-7-6-2-1-3-8(6)12-10(7)13-9;6-4-2-1-3-5(7)8-4;6-4-2-1-3-5(8-4)9-7;6-5-3-1-2-4-5;1-2;;/h3,6-7H,1-2,4-5H2,(H,12,14);4-5H,1-3H2,(H,12,13);4-5H,1-3H2,(H3,11,12,13);1-3H;1-3H,7H2,(H,8,9);1-4H2;1-2H;1H2;1H. The summed E-state index contributed by atoms with van der Waals surface area (Å²) in [5.41, 5.74) is 29.9. The summed E-state index contributed by atoms with van der Waals surface area (Å²) in [6.07, 6.45) is 16.0. The molecule has 11 rings (SSSR count). The van der Waals surface area contributed by atoms with Crippen LogP contribution in [0.2, 0.25) is 0 Å². The van der Waals surface area contributed by atoms with Crippen molar-refractivity contribution in [1.29, 1.82) is 11.1 Å². The van der Waals surface area contributed by atoms with E-state index in [0.29, 0.717) is 17.4 Å². The van der Waals surface area contributed by atoms with Gasteiger partial charge in [-0.25, -0.2) is 41.8 Å². The molecule has 4 aliphatic carbocycles. The minimum atomic E-state index is 0. The van der Waals surface area contributed by atoms with Crippen molar-refractivity contribution in [3.8, 4) is 0 Å². The largest absolute Gasteiger partial charge is 0.412 e. The van der Waals surface area contributed by atoms with Gasteiger partial charge < -0.3 is 26.6 Å². The summed E-state index contributed by atoms with van der Waals surface area (Å²) in [7, 11) is 0. The molecule has 0 amide bonds. The normalized spacial score (nSPS) is 13.7. The molecule has 0 bridgehead atoms. The monoisotopic (exact) mass is 1220 g/mol. The number of pyridine rings is 5. The van der Waals surface area contributed by atoms with Crippen molar-refractivity contribution in [3.63, 3.8) is 0 Å². The van der Waals surface area contributed by atoms with Crippen LogP contribution in [0.25, 0.3) is 22.1 Å².